The molecule has 0 bridgehead atoms. The molecule has 3 nitrogen and oxygen atoms in total. The molecule has 18 heavy (non-hydrogen) atoms. The molecule has 0 aliphatic rings. The SMILES string of the molecule is Cc1ccc(-n2cnc3cc(N)ccc32)cc1Br. The van der Waals surface area contributed by atoms with Gasteiger partial charge < -0.3 is 5.73 Å². The molecule has 4 heteroatoms. The van der Waals surface area contributed by atoms with Crippen LogP contribution in [0.2, 0.25) is 0 Å². The van der Waals surface area contributed by atoms with Gasteiger partial charge in [0, 0.05) is 15.8 Å². The van der Waals surface area contributed by atoms with Gasteiger partial charge >= 0.3 is 0 Å². The average molecular weight is 302 g/mol. The largest absolute Gasteiger partial charge is 0.399 e. The molecule has 90 valence electrons. The summed E-state index contributed by atoms with van der Waals surface area (Å²) in [4.78, 5) is 4.38. The van der Waals surface area contributed by atoms with Gasteiger partial charge in [-0.3, -0.25) is 4.57 Å². The Morgan fingerprint density at radius 3 is 2.78 bits per heavy atom. The van der Waals surface area contributed by atoms with Gasteiger partial charge in [0.15, 0.2) is 0 Å². The summed E-state index contributed by atoms with van der Waals surface area (Å²) in [6, 6.07) is 12.0. The number of hydrogen-bond donors (Lipinski definition) is 1. The van der Waals surface area contributed by atoms with Crippen LogP contribution in [0.5, 0.6) is 0 Å². The van der Waals surface area contributed by atoms with Gasteiger partial charge in [-0.05, 0) is 42.8 Å². The van der Waals surface area contributed by atoms with E-state index in [1.165, 1.54) is 5.56 Å². The van der Waals surface area contributed by atoms with E-state index in [1.807, 2.05) is 24.5 Å². The van der Waals surface area contributed by atoms with Crippen molar-refractivity contribution in [3.05, 3.63) is 52.8 Å². The minimum Gasteiger partial charge on any atom is -0.399 e. The van der Waals surface area contributed by atoms with E-state index in [1.54, 1.807) is 0 Å². The molecule has 0 saturated heterocycles. The van der Waals surface area contributed by atoms with Gasteiger partial charge in [-0.25, -0.2) is 4.98 Å². The van der Waals surface area contributed by atoms with Gasteiger partial charge in [0.25, 0.3) is 0 Å². The molecular weight excluding hydrogens is 290 g/mol. The fourth-order valence-electron chi connectivity index (χ4n) is 1.97. The Labute approximate surface area is 113 Å². The standard InChI is InChI=1S/C14H12BrN3/c1-9-2-4-11(7-12(9)15)18-8-17-13-6-10(16)3-5-14(13)18/h2-8H,16H2,1H3. The van der Waals surface area contributed by atoms with Crippen LogP contribution in [0.15, 0.2) is 47.2 Å². The number of aryl methyl sites for hydroxylation is 1. The highest BCUT2D eigenvalue weighted by molar-refractivity contribution is 9.10. The quantitative estimate of drug-likeness (QED) is 0.697. The highest BCUT2D eigenvalue weighted by Gasteiger charge is 2.05. The van der Waals surface area contributed by atoms with E-state index in [0.29, 0.717) is 0 Å². The van der Waals surface area contributed by atoms with Crippen LogP contribution in [0.1, 0.15) is 5.56 Å². The van der Waals surface area contributed by atoms with Gasteiger partial charge in [0.05, 0.1) is 11.0 Å². The zero-order chi connectivity index (χ0) is 12.7. The minimum absolute atomic E-state index is 0.734. The van der Waals surface area contributed by atoms with Crippen LogP contribution in [-0.4, -0.2) is 9.55 Å². The Balaban J connectivity index is 2.22. The summed E-state index contributed by atoms with van der Waals surface area (Å²) in [5.74, 6) is 0. The highest BCUT2D eigenvalue weighted by Crippen LogP contribution is 2.24. The Morgan fingerprint density at radius 2 is 2.00 bits per heavy atom. The fourth-order valence-corrected chi connectivity index (χ4v) is 2.33. The van der Waals surface area contributed by atoms with Crippen LogP contribution in [-0.2, 0) is 0 Å². The molecule has 0 aliphatic heterocycles. The molecule has 3 aromatic rings. The van der Waals surface area contributed by atoms with Gasteiger partial charge in [-0.15, -0.1) is 0 Å². The molecule has 0 aliphatic carbocycles. The number of aromatic nitrogens is 2. The zero-order valence-electron chi connectivity index (χ0n) is 9.89. The smallest absolute Gasteiger partial charge is 0.100 e. The molecule has 1 aromatic heterocycles. The Kier molecular flexibility index (Phi) is 2.59. The van der Waals surface area contributed by atoms with Crippen molar-refractivity contribution >= 4 is 32.7 Å². The van der Waals surface area contributed by atoms with E-state index in [4.69, 9.17) is 5.73 Å². The maximum absolute atomic E-state index is 5.76. The molecule has 0 spiro atoms. The summed E-state index contributed by atoms with van der Waals surface area (Å²) in [6.45, 7) is 2.07. The average Bonchev–Trinajstić information content (AvgIpc) is 2.75. The fraction of sp³-hybridized carbons (Fsp3) is 0.0714. The van der Waals surface area contributed by atoms with Crippen molar-refractivity contribution in [2.75, 3.05) is 5.73 Å². The highest BCUT2D eigenvalue weighted by atomic mass is 79.9. The lowest BCUT2D eigenvalue weighted by Gasteiger charge is -2.06. The Morgan fingerprint density at radius 1 is 1.17 bits per heavy atom. The lowest BCUT2D eigenvalue weighted by atomic mass is 10.2. The second-order valence-corrected chi connectivity index (χ2v) is 5.15. The van der Waals surface area contributed by atoms with Crippen LogP contribution < -0.4 is 5.73 Å². The first-order valence-corrected chi connectivity index (χ1v) is 6.43. The van der Waals surface area contributed by atoms with Crippen molar-refractivity contribution in [1.29, 1.82) is 0 Å². The van der Waals surface area contributed by atoms with Crippen LogP contribution >= 0.6 is 15.9 Å². The van der Waals surface area contributed by atoms with E-state index < -0.39 is 0 Å². The van der Waals surface area contributed by atoms with E-state index in [9.17, 15) is 0 Å². The predicted molar refractivity (Wildman–Crippen MR) is 77.9 cm³/mol. The maximum atomic E-state index is 5.76. The summed E-state index contributed by atoms with van der Waals surface area (Å²) in [6.07, 6.45) is 1.82. The lowest BCUT2D eigenvalue weighted by Crippen LogP contribution is -1.93. The first kappa shape index (κ1) is 11.3. The molecule has 0 amide bonds. The molecule has 0 atom stereocenters. The van der Waals surface area contributed by atoms with E-state index in [-0.39, 0.29) is 0 Å². The monoisotopic (exact) mass is 301 g/mol. The lowest BCUT2D eigenvalue weighted by molar-refractivity contribution is 1.09. The maximum Gasteiger partial charge on any atom is 0.100 e. The molecule has 3 rings (SSSR count). The molecule has 0 saturated carbocycles. The van der Waals surface area contributed by atoms with Gasteiger partial charge in [-0.1, -0.05) is 22.0 Å². The Bertz CT molecular complexity index is 731. The predicted octanol–water partition coefficient (Wildman–Crippen LogP) is 3.68. The van der Waals surface area contributed by atoms with Crippen molar-refractivity contribution in [2.45, 2.75) is 6.92 Å². The number of nitrogen functional groups attached to an aromatic ring is 1. The van der Waals surface area contributed by atoms with E-state index >= 15 is 0 Å². The van der Waals surface area contributed by atoms with Crippen LogP contribution in [0.3, 0.4) is 0 Å². The number of fused-ring (bicyclic) bond motifs is 1. The number of nitrogens with two attached hydrogens (primary N) is 1. The molecule has 1 heterocycles. The number of benzene rings is 2. The van der Waals surface area contributed by atoms with Gasteiger partial charge in [-0.2, -0.15) is 0 Å². The summed E-state index contributed by atoms with van der Waals surface area (Å²) in [7, 11) is 0. The van der Waals surface area contributed by atoms with Crippen LogP contribution in [0.25, 0.3) is 16.7 Å². The molecule has 0 unspecified atom stereocenters. The van der Waals surface area contributed by atoms with Crippen molar-refractivity contribution in [3.8, 4) is 5.69 Å². The van der Waals surface area contributed by atoms with E-state index in [0.717, 1.165) is 26.9 Å². The summed E-state index contributed by atoms with van der Waals surface area (Å²) >= 11 is 3.55. The third-order valence-corrected chi connectivity index (χ3v) is 3.86. The number of nitrogens with zero attached hydrogens (tertiary/aromatic N) is 2. The van der Waals surface area contributed by atoms with Crippen LogP contribution in [0, 0.1) is 6.92 Å². The first-order chi connectivity index (χ1) is 8.65. The van der Waals surface area contributed by atoms with Gasteiger partial charge in [0.1, 0.15) is 6.33 Å². The number of imidazole rings is 1. The van der Waals surface area contributed by atoms with Crippen LogP contribution in [0.4, 0.5) is 5.69 Å². The minimum atomic E-state index is 0.734. The normalized spacial score (nSPS) is 11.0. The summed E-state index contributed by atoms with van der Waals surface area (Å²) in [5, 5.41) is 0. The van der Waals surface area contributed by atoms with Crippen molar-refractivity contribution in [1.82, 2.24) is 9.55 Å². The number of hydrogen-bond acceptors (Lipinski definition) is 2. The number of rotatable bonds is 1. The molecule has 2 aromatic carbocycles. The molecule has 0 radical (unpaired) electrons. The summed E-state index contributed by atoms with van der Waals surface area (Å²) in [5.41, 5.74) is 10.8. The number of halogens is 1. The molecular formula is C14H12BrN3. The zero-order valence-corrected chi connectivity index (χ0v) is 11.5. The van der Waals surface area contributed by atoms with E-state index in [2.05, 4.69) is 50.6 Å². The molecule has 0 fully saturated rings. The third-order valence-electron chi connectivity index (χ3n) is 3.00. The number of anilines is 1. The molecule has 2 N–H and O–H groups in total. The third kappa shape index (κ3) is 1.78. The first-order valence-electron chi connectivity index (χ1n) is 5.64. The van der Waals surface area contributed by atoms with Crippen molar-refractivity contribution in [2.24, 2.45) is 0 Å². The van der Waals surface area contributed by atoms with Crippen molar-refractivity contribution < 1.29 is 0 Å². The Hall–Kier alpha value is -1.81. The topological polar surface area (TPSA) is 43.8 Å². The summed E-state index contributed by atoms with van der Waals surface area (Å²) < 4.78 is 3.15. The second-order valence-electron chi connectivity index (χ2n) is 4.30. The van der Waals surface area contributed by atoms with Crippen molar-refractivity contribution in [3.63, 3.8) is 0 Å². The second kappa shape index (κ2) is 4.14. The van der Waals surface area contributed by atoms with Gasteiger partial charge in [0.2, 0.25) is 0 Å².